The van der Waals surface area contributed by atoms with Crippen molar-refractivity contribution in [1.29, 1.82) is 0 Å². The number of rotatable bonds is 5. The first-order valence-corrected chi connectivity index (χ1v) is 10.5. The maximum atomic E-state index is 13.5. The summed E-state index contributed by atoms with van der Waals surface area (Å²) in [4.78, 5) is 16.5. The van der Waals surface area contributed by atoms with E-state index in [-0.39, 0.29) is 23.7 Å². The molecule has 0 aliphatic carbocycles. The molecule has 2 aromatic carbocycles. The molecule has 0 radical (unpaired) electrons. The molecule has 1 amide bonds. The van der Waals surface area contributed by atoms with E-state index in [1.54, 1.807) is 6.07 Å². The second kappa shape index (κ2) is 10.4. The number of hydrazine groups is 1. The number of aliphatic imine (C=N–C) groups is 1. The van der Waals surface area contributed by atoms with E-state index in [0.29, 0.717) is 28.9 Å². The highest BCUT2D eigenvalue weighted by Gasteiger charge is 2.26. The molecule has 1 aliphatic heterocycles. The first kappa shape index (κ1) is 23.4. The predicted molar refractivity (Wildman–Crippen MR) is 118 cm³/mol. The molecule has 166 valence electrons. The number of carbonyl (C=O) groups is 1. The highest BCUT2D eigenvalue weighted by Crippen LogP contribution is 2.27. The molecule has 1 aliphatic rings. The topological polar surface area (TPSA) is 77.5 Å². The van der Waals surface area contributed by atoms with Crippen molar-refractivity contribution in [1.82, 2.24) is 21.5 Å². The van der Waals surface area contributed by atoms with Gasteiger partial charge in [-0.3, -0.25) is 4.79 Å². The van der Waals surface area contributed by atoms with Gasteiger partial charge < -0.3 is 10.6 Å². The van der Waals surface area contributed by atoms with Gasteiger partial charge >= 0.3 is 0 Å². The molecule has 0 aromatic heterocycles. The monoisotopic (exact) mass is 469 g/mol. The highest BCUT2D eigenvalue weighted by molar-refractivity contribution is 6.34. The summed E-state index contributed by atoms with van der Waals surface area (Å²) in [5.74, 6) is -2.30. The van der Waals surface area contributed by atoms with Crippen LogP contribution >= 0.6 is 23.2 Å². The number of hydrogen-bond acceptors (Lipinski definition) is 3. The van der Waals surface area contributed by atoms with Gasteiger partial charge in [-0.2, -0.15) is 4.99 Å². The molecular weight excluding hydrogens is 447 g/mol. The summed E-state index contributed by atoms with van der Waals surface area (Å²) in [6.45, 7) is 4.58. The Morgan fingerprint density at radius 2 is 1.84 bits per heavy atom. The summed E-state index contributed by atoms with van der Waals surface area (Å²) in [6.07, 6.45) is 0.345. The molecule has 2 aromatic rings. The number of carbonyl (C=O) groups excluding carboxylic acids is 1. The molecule has 1 saturated heterocycles. The maximum Gasteiger partial charge on any atom is 0.280 e. The largest absolute Gasteiger partial charge is 0.356 e. The van der Waals surface area contributed by atoms with Gasteiger partial charge in [0.1, 0.15) is 0 Å². The average molecular weight is 470 g/mol. The van der Waals surface area contributed by atoms with Gasteiger partial charge in [-0.1, -0.05) is 37.0 Å². The van der Waals surface area contributed by atoms with Crippen molar-refractivity contribution in [3.05, 3.63) is 69.2 Å². The second-order valence-corrected chi connectivity index (χ2v) is 8.52. The highest BCUT2D eigenvalue weighted by atomic mass is 35.5. The summed E-state index contributed by atoms with van der Waals surface area (Å²) in [5, 5.41) is 7.30. The fraction of sp³-hybridized carbons (Fsp3) is 0.333. The van der Waals surface area contributed by atoms with Gasteiger partial charge in [-0.15, -0.1) is 0 Å². The van der Waals surface area contributed by atoms with E-state index >= 15 is 0 Å². The molecule has 0 saturated carbocycles. The van der Waals surface area contributed by atoms with Crippen LogP contribution in [0.15, 0.2) is 41.4 Å². The molecule has 0 bridgehead atoms. The Morgan fingerprint density at radius 1 is 1.13 bits per heavy atom. The van der Waals surface area contributed by atoms with Gasteiger partial charge in [0.15, 0.2) is 11.6 Å². The SMILES string of the molecule is CC(C)CN/C(=N/C(=O)c1ccc(F)c(F)c1)NC1CC(c2cc(Cl)cc(Cl)c2)NN1. The lowest BCUT2D eigenvalue weighted by atomic mass is 10.0. The Labute approximate surface area is 189 Å². The fourth-order valence-electron chi connectivity index (χ4n) is 3.03. The third kappa shape index (κ3) is 6.61. The first-order chi connectivity index (χ1) is 14.7. The molecule has 3 rings (SSSR count). The van der Waals surface area contributed by atoms with Crippen LogP contribution in [0, 0.1) is 17.6 Å². The Hall–Kier alpha value is -2.26. The second-order valence-electron chi connectivity index (χ2n) is 7.65. The van der Waals surface area contributed by atoms with Crippen molar-refractivity contribution < 1.29 is 13.6 Å². The molecular formula is C21H23Cl2F2N5O. The van der Waals surface area contributed by atoms with E-state index in [1.807, 2.05) is 26.0 Å². The predicted octanol–water partition coefficient (Wildman–Crippen LogP) is 4.17. The smallest absolute Gasteiger partial charge is 0.280 e. The van der Waals surface area contributed by atoms with Crippen LogP contribution in [-0.2, 0) is 0 Å². The van der Waals surface area contributed by atoms with Gasteiger partial charge in [0.2, 0.25) is 5.96 Å². The number of guanidine groups is 1. The molecule has 31 heavy (non-hydrogen) atoms. The van der Waals surface area contributed by atoms with Crippen LogP contribution in [0.4, 0.5) is 8.78 Å². The van der Waals surface area contributed by atoms with Crippen molar-refractivity contribution in [3.8, 4) is 0 Å². The molecule has 2 atom stereocenters. The third-order valence-corrected chi connectivity index (χ3v) is 5.00. The maximum absolute atomic E-state index is 13.5. The zero-order chi connectivity index (χ0) is 22.5. The molecule has 10 heteroatoms. The van der Waals surface area contributed by atoms with Crippen LogP contribution in [0.1, 0.15) is 42.2 Å². The summed E-state index contributed by atoms with van der Waals surface area (Å²) in [6, 6.07) is 8.17. The average Bonchev–Trinajstić information content (AvgIpc) is 3.16. The van der Waals surface area contributed by atoms with Crippen molar-refractivity contribution in [2.24, 2.45) is 10.9 Å². The number of nitrogens with one attached hydrogen (secondary N) is 4. The minimum absolute atomic E-state index is 0.0477. The third-order valence-electron chi connectivity index (χ3n) is 4.56. The Bertz CT molecular complexity index is 966. The molecule has 1 heterocycles. The number of halogens is 4. The minimum atomic E-state index is -1.10. The van der Waals surface area contributed by atoms with E-state index in [9.17, 15) is 13.6 Å². The summed E-state index contributed by atoms with van der Waals surface area (Å²) in [5.41, 5.74) is 7.13. The van der Waals surface area contributed by atoms with Gasteiger partial charge in [0, 0.05) is 34.6 Å². The zero-order valence-corrected chi connectivity index (χ0v) is 18.5. The van der Waals surface area contributed by atoms with Crippen LogP contribution < -0.4 is 21.5 Å². The summed E-state index contributed by atoms with van der Waals surface area (Å²) < 4.78 is 26.6. The van der Waals surface area contributed by atoms with Gasteiger partial charge in [0.25, 0.3) is 5.91 Å². The Balaban J connectivity index is 1.72. The molecule has 0 spiro atoms. The van der Waals surface area contributed by atoms with Gasteiger partial charge in [-0.25, -0.2) is 19.6 Å². The van der Waals surface area contributed by atoms with Crippen LogP contribution in [0.3, 0.4) is 0 Å². The van der Waals surface area contributed by atoms with Crippen LogP contribution in [0.25, 0.3) is 0 Å². The quantitative estimate of drug-likeness (QED) is 0.390. The van der Waals surface area contributed by atoms with Crippen molar-refractivity contribution >= 4 is 35.1 Å². The van der Waals surface area contributed by atoms with E-state index in [4.69, 9.17) is 23.2 Å². The lowest BCUT2D eigenvalue weighted by molar-refractivity contribution is 0.100. The van der Waals surface area contributed by atoms with Crippen molar-refractivity contribution in [2.75, 3.05) is 6.54 Å². The lowest BCUT2D eigenvalue weighted by Crippen LogP contribution is -2.50. The number of hydrogen-bond donors (Lipinski definition) is 4. The molecule has 6 nitrogen and oxygen atoms in total. The Morgan fingerprint density at radius 3 is 2.48 bits per heavy atom. The van der Waals surface area contributed by atoms with Crippen molar-refractivity contribution in [3.63, 3.8) is 0 Å². The molecule has 1 fully saturated rings. The Kier molecular flexibility index (Phi) is 7.83. The fourth-order valence-corrected chi connectivity index (χ4v) is 3.57. The van der Waals surface area contributed by atoms with Crippen molar-refractivity contribution in [2.45, 2.75) is 32.5 Å². The van der Waals surface area contributed by atoms with E-state index in [2.05, 4.69) is 26.5 Å². The summed E-state index contributed by atoms with van der Waals surface area (Å²) in [7, 11) is 0. The standard InChI is InChI=1S/C21H23Cl2F2N5O/c1-11(2)10-26-21(28-20(31)12-3-4-16(24)17(25)7-12)27-19-9-18(29-30-19)13-5-14(22)8-15(23)6-13/h3-8,11,18-19,29-30H,9-10H2,1-2H3,(H2,26,27,28,31). The first-order valence-electron chi connectivity index (χ1n) is 9.77. The van der Waals surface area contributed by atoms with Crippen LogP contribution in [0.5, 0.6) is 0 Å². The normalized spacial score (nSPS) is 19.0. The molecule has 4 N–H and O–H groups in total. The number of benzene rings is 2. The van der Waals surface area contributed by atoms with Crippen LogP contribution in [-0.4, -0.2) is 24.6 Å². The number of nitrogens with zero attached hydrogens (tertiary/aromatic N) is 1. The number of amides is 1. The van der Waals surface area contributed by atoms with E-state index in [0.717, 1.165) is 17.7 Å². The minimum Gasteiger partial charge on any atom is -0.356 e. The zero-order valence-electron chi connectivity index (χ0n) is 17.0. The lowest BCUT2D eigenvalue weighted by Gasteiger charge is -2.18. The van der Waals surface area contributed by atoms with E-state index < -0.39 is 17.5 Å². The van der Waals surface area contributed by atoms with Gasteiger partial charge in [-0.05, 0) is 47.9 Å². The molecule has 2 unspecified atom stereocenters. The van der Waals surface area contributed by atoms with Gasteiger partial charge in [0.05, 0.1) is 6.17 Å². The van der Waals surface area contributed by atoms with E-state index in [1.165, 1.54) is 6.07 Å². The summed E-state index contributed by atoms with van der Waals surface area (Å²) >= 11 is 12.2. The van der Waals surface area contributed by atoms with Crippen LogP contribution in [0.2, 0.25) is 10.0 Å².